The summed E-state index contributed by atoms with van der Waals surface area (Å²) in [6, 6.07) is 6.59. The fourth-order valence-corrected chi connectivity index (χ4v) is 1.53. The third kappa shape index (κ3) is 4.82. The second-order valence-corrected chi connectivity index (χ2v) is 4.68. The van der Waals surface area contributed by atoms with Crippen molar-refractivity contribution in [3.05, 3.63) is 23.9 Å². The molecule has 1 unspecified atom stereocenters. The molecule has 0 aromatic carbocycles. The van der Waals surface area contributed by atoms with Gasteiger partial charge in [-0.05, 0) is 44.7 Å². The van der Waals surface area contributed by atoms with E-state index in [1.807, 2.05) is 25.1 Å². The Hall–Kier alpha value is -1.05. The van der Waals surface area contributed by atoms with Gasteiger partial charge in [0.25, 0.3) is 0 Å². The van der Waals surface area contributed by atoms with Gasteiger partial charge < -0.3 is 5.32 Å². The van der Waals surface area contributed by atoms with E-state index < -0.39 is 0 Å². The van der Waals surface area contributed by atoms with Crippen LogP contribution in [0, 0.1) is 12.8 Å². The lowest BCUT2D eigenvalue weighted by atomic mass is 10.0. The van der Waals surface area contributed by atoms with E-state index in [1.54, 1.807) is 0 Å². The summed E-state index contributed by atoms with van der Waals surface area (Å²) in [5.41, 5.74) is 1.07. The first-order valence-corrected chi connectivity index (χ1v) is 5.78. The summed E-state index contributed by atoms with van der Waals surface area (Å²) in [5.74, 6) is 1.77. The van der Waals surface area contributed by atoms with Crippen molar-refractivity contribution < 1.29 is 0 Å². The molecule has 84 valence electrons. The van der Waals surface area contributed by atoms with Crippen molar-refractivity contribution in [3.63, 3.8) is 0 Å². The molecule has 1 atom stereocenters. The van der Waals surface area contributed by atoms with E-state index in [-0.39, 0.29) is 0 Å². The lowest BCUT2D eigenvalue weighted by molar-refractivity contribution is 0.527. The molecule has 0 saturated carbocycles. The van der Waals surface area contributed by atoms with E-state index in [0.29, 0.717) is 6.04 Å². The quantitative estimate of drug-likeness (QED) is 0.795. The maximum Gasteiger partial charge on any atom is 0.126 e. The van der Waals surface area contributed by atoms with Crippen LogP contribution in [0.3, 0.4) is 0 Å². The van der Waals surface area contributed by atoms with E-state index in [9.17, 15) is 0 Å². The van der Waals surface area contributed by atoms with Gasteiger partial charge in [-0.15, -0.1) is 0 Å². The molecule has 1 aromatic heterocycles. The molecular formula is C13H22N2. The topological polar surface area (TPSA) is 24.9 Å². The zero-order valence-electron chi connectivity index (χ0n) is 10.2. The lowest BCUT2D eigenvalue weighted by Gasteiger charge is -2.15. The first-order chi connectivity index (χ1) is 7.08. The molecule has 0 aliphatic carbocycles. The second kappa shape index (κ2) is 5.74. The molecule has 1 heterocycles. The highest BCUT2D eigenvalue weighted by Gasteiger charge is 2.04. The Bertz CT molecular complexity index is 294. The average molecular weight is 206 g/mol. The summed E-state index contributed by atoms with van der Waals surface area (Å²) in [7, 11) is 0. The molecule has 0 bridgehead atoms. The van der Waals surface area contributed by atoms with Gasteiger partial charge in [-0.1, -0.05) is 19.9 Å². The van der Waals surface area contributed by atoms with Gasteiger partial charge in [-0.25, -0.2) is 4.98 Å². The van der Waals surface area contributed by atoms with E-state index in [0.717, 1.165) is 17.4 Å². The van der Waals surface area contributed by atoms with Crippen LogP contribution in [0.25, 0.3) is 0 Å². The molecule has 0 saturated heterocycles. The Morgan fingerprint density at radius 2 is 1.93 bits per heavy atom. The van der Waals surface area contributed by atoms with Crippen LogP contribution >= 0.6 is 0 Å². The molecule has 1 N–H and O–H groups in total. The predicted molar refractivity (Wildman–Crippen MR) is 66.1 cm³/mol. The van der Waals surface area contributed by atoms with Crippen LogP contribution in [0.4, 0.5) is 5.82 Å². The summed E-state index contributed by atoms with van der Waals surface area (Å²) >= 11 is 0. The highest BCUT2D eigenvalue weighted by atomic mass is 15.0. The van der Waals surface area contributed by atoms with Crippen molar-refractivity contribution in [3.8, 4) is 0 Å². The van der Waals surface area contributed by atoms with Gasteiger partial charge >= 0.3 is 0 Å². The molecule has 1 aromatic rings. The molecule has 0 aliphatic rings. The van der Waals surface area contributed by atoms with Crippen LogP contribution in [0.5, 0.6) is 0 Å². The third-order valence-corrected chi connectivity index (χ3v) is 2.46. The normalized spacial score (nSPS) is 12.9. The zero-order valence-corrected chi connectivity index (χ0v) is 10.2. The van der Waals surface area contributed by atoms with Gasteiger partial charge in [0.05, 0.1) is 0 Å². The minimum atomic E-state index is 0.502. The van der Waals surface area contributed by atoms with E-state index >= 15 is 0 Å². The van der Waals surface area contributed by atoms with E-state index in [4.69, 9.17) is 0 Å². The predicted octanol–water partition coefficient (Wildman–Crippen LogP) is 3.63. The molecule has 0 fully saturated rings. The summed E-state index contributed by atoms with van der Waals surface area (Å²) in [6.45, 7) is 8.76. The number of pyridine rings is 1. The van der Waals surface area contributed by atoms with Crippen LogP contribution in [0.15, 0.2) is 18.2 Å². The molecular weight excluding hydrogens is 184 g/mol. The van der Waals surface area contributed by atoms with Gasteiger partial charge in [0.1, 0.15) is 5.82 Å². The number of aromatic nitrogens is 1. The van der Waals surface area contributed by atoms with Crippen LogP contribution in [-0.2, 0) is 0 Å². The first-order valence-electron chi connectivity index (χ1n) is 5.78. The number of nitrogens with one attached hydrogen (secondary N) is 1. The molecule has 0 radical (unpaired) electrons. The number of rotatable bonds is 5. The molecule has 1 rings (SSSR count). The Morgan fingerprint density at radius 3 is 2.53 bits per heavy atom. The number of nitrogens with zero attached hydrogens (tertiary/aromatic N) is 1. The minimum Gasteiger partial charge on any atom is -0.368 e. The number of aryl methyl sites for hydroxylation is 1. The summed E-state index contributed by atoms with van der Waals surface area (Å²) in [5, 5.41) is 3.43. The van der Waals surface area contributed by atoms with Crippen molar-refractivity contribution in [1.29, 1.82) is 0 Å². The van der Waals surface area contributed by atoms with Crippen LogP contribution in [-0.4, -0.2) is 11.0 Å². The number of hydrogen-bond acceptors (Lipinski definition) is 2. The Balaban J connectivity index is 2.40. The van der Waals surface area contributed by atoms with E-state index in [2.05, 4.69) is 31.1 Å². The standard InChI is InChI=1S/C13H22N2/c1-10(2)8-9-12(4)15-13-7-5-6-11(3)14-13/h5-7,10,12H,8-9H2,1-4H3,(H,14,15). The fraction of sp³-hybridized carbons (Fsp3) is 0.615. The van der Waals surface area contributed by atoms with Gasteiger partial charge in [-0.2, -0.15) is 0 Å². The second-order valence-electron chi connectivity index (χ2n) is 4.68. The Morgan fingerprint density at radius 1 is 1.20 bits per heavy atom. The minimum absolute atomic E-state index is 0.502. The van der Waals surface area contributed by atoms with Gasteiger partial charge in [0.15, 0.2) is 0 Å². The molecule has 15 heavy (non-hydrogen) atoms. The van der Waals surface area contributed by atoms with Crippen molar-refractivity contribution in [1.82, 2.24) is 4.98 Å². The zero-order chi connectivity index (χ0) is 11.3. The van der Waals surface area contributed by atoms with Crippen LogP contribution in [0.1, 0.15) is 39.3 Å². The molecule has 0 aliphatic heterocycles. The molecule has 2 heteroatoms. The number of anilines is 1. The highest BCUT2D eigenvalue weighted by molar-refractivity contribution is 5.35. The van der Waals surface area contributed by atoms with Crippen molar-refractivity contribution >= 4 is 5.82 Å². The first kappa shape index (κ1) is 12.0. The van der Waals surface area contributed by atoms with Gasteiger partial charge in [0, 0.05) is 11.7 Å². The van der Waals surface area contributed by atoms with Gasteiger partial charge in [0.2, 0.25) is 0 Å². The van der Waals surface area contributed by atoms with Gasteiger partial charge in [-0.3, -0.25) is 0 Å². The summed E-state index contributed by atoms with van der Waals surface area (Å²) < 4.78 is 0. The van der Waals surface area contributed by atoms with E-state index in [1.165, 1.54) is 12.8 Å². The van der Waals surface area contributed by atoms with Crippen molar-refractivity contribution in [2.75, 3.05) is 5.32 Å². The summed E-state index contributed by atoms with van der Waals surface area (Å²) in [4.78, 5) is 4.43. The fourth-order valence-electron chi connectivity index (χ4n) is 1.53. The van der Waals surface area contributed by atoms with Crippen LogP contribution < -0.4 is 5.32 Å². The summed E-state index contributed by atoms with van der Waals surface area (Å²) in [6.07, 6.45) is 2.47. The average Bonchev–Trinajstić information content (AvgIpc) is 2.15. The molecule has 0 spiro atoms. The third-order valence-electron chi connectivity index (χ3n) is 2.46. The monoisotopic (exact) mass is 206 g/mol. The maximum absolute atomic E-state index is 4.43. The molecule has 2 nitrogen and oxygen atoms in total. The Labute approximate surface area is 93.1 Å². The molecule has 0 amide bonds. The van der Waals surface area contributed by atoms with Crippen molar-refractivity contribution in [2.24, 2.45) is 5.92 Å². The Kier molecular flexibility index (Phi) is 4.60. The number of hydrogen-bond donors (Lipinski definition) is 1. The smallest absolute Gasteiger partial charge is 0.126 e. The van der Waals surface area contributed by atoms with Crippen LogP contribution in [0.2, 0.25) is 0 Å². The largest absolute Gasteiger partial charge is 0.368 e. The maximum atomic E-state index is 4.43. The van der Waals surface area contributed by atoms with Crippen molar-refractivity contribution in [2.45, 2.75) is 46.6 Å². The SMILES string of the molecule is Cc1cccc(NC(C)CCC(C)C)n1. The lowest BCUT2D eigenvalue weighted by Crippen LogP contribution is -2.16. The highest BCUT2D eigenvalue weighted by Crippen LogP contribution is 2.11.